The zero-order valence-corrected chi connectivity index (χ0v) is 17.9. The highest BCUT2D eigenvalue weighted by atomic mass is 32.2. The third-order valence-corrected chi connectivity index (χ3v) is 9.19. The maximum Gasteiger partial charge on any atom is 0.334 e. The Balaban J connectivity index is 1.97. The number of hydrogen-bond acceptors (Lipinski definition) is 6. The van der Waals surface area contributed by atoms with Crippen molar-refractivity contribution in [1.82, 2.24) is 0 Å². The summed E-state index contributed by atoms with van der Waals surface area (Å²) in [6.07, 6.45) is 0.802. The minimum atomic E-state index is -3.57. The van der Waals surface area contributed by atoms with Gasteiger partial charge in [0, 0.05) is 14.2 Å². The Morgan fingerprint density at radius 2 is 1.30 bits per heavy atom. The SMILES string of the molecule is COc1ccc(S(=O)(=O)c2ccc(OCCC[Si](C)(OC)OC)cc2)cc1. The molecular formula is C19H26O6SSi. The molecule has 0 bridgehead atoms. The first kappa shape index (κ1) is 21.4. The second-order valence-corrected chi connectivity index (χ2v) is 11.7. The zero-order valence-electron chi connectivity index (χ0n) is 16.1. The topological polar surface area (TPSA) is 71.1 Å². The van der Waals surface area contributed by atoms with Gasteiger partial charge >= 0.3 is 8.56 Å². The molecule has 0 unspecified atom stereocenters. The molecule has 8 heteroatoms. The molecule has 2 aromatic rings. The monoisotopic (exact) mass is 410 g/mol. The molecule has 0 saturated heterocycles. The van der Waals surface area contributed by atoms with Crippen molar-refractivity contribution in [3.05, 3.63) is 48.5 Å². The lowest BCUT2D eigenvalue weighted by atomic mass is 10.3. The third-order valence-electron chi connectivity index (χ3n) is 4.41. The summed E-state index contributed by atoms with van der Waals surface area (Å²) in [4.78, 5) is 0.444. The van der Waals surface area contributed by atoms with Gasteiger partial charge in [0.05, 0.1) is 23.5 Å². The molecule has 148 valence electrons. The molecule has 0 fully saturated rings. The van der Waals surface area contributed by atoms with Crippen LogP contribution in [0.2, 0.25) is 12.6 Å². The maximum absolute atomic E-state index is 12.7. The van der Waals surface area contributed by atoms with E-state index in [1.54, 1.807) is 50.6 Å². The van der Waals surface area contributed by atoms with Crippen LogP contribution in [0.1, 0.15) is 6.42 Å². The lowest BCUT2D eigenvalue weighted by Gasteiger charge is -2.22. The summed E-state index contributed by atoms with van der Waals surface area (Å²) in [5.41, 5.74) is 0. The second-order valence-electron chi connectivity index (χ2n) is 6.14. The van der Waals surface area contributed by atoms with Gasteiger partial charge in [-0.3, -0.25) is 0 Å². The molecule has 0 amide bonds. The first-order valence-electron chi connectivity index (χ1n) is 8.57. The van der Waals surface area contributed by atoms with Gasteiger partial charge in [0.1, 0.15) is 11.5 Å². The average Bonchev–Trinajstić information content (AvgIpc) is 2.71. The van der Waals surface area contributed by atoms with Crippen LogP contribution in [-0.2, 0) is 18.7 Å². The molecule has 27 heavy (non-hydrogen) atoms. The van der Waals surface area contributed by atoms with E-state index in [-0.39, 0.29) is 9.79 Å². The van der Waals surface area contributed by atoms with E-state index in [2.05, 4.69) is 0 Å². The molecule has 0 aliphatic carbocycles. The van der Waals surface area contributed by atoms with Crippen LogP contribution in [0, 0.1) is 0 Å². The zero-order chi connectivity index (χ0) is 19.9. The van der Waals surface area contributed by atoms with Gasteiger partial charge in [0.15, 0.2) is 0 Å². The molecule has 0 aliphatic rings. The van der Waals surface area contributed by atoms with Crippen LogP contribution in [0.15, 0.2) is 58.3 Å². The Morgan fingerprint density at radius 3 is 1.74 bits per heavy atom. The van der Waals surface area contributed by atoms with Gasteiger partial charge in [-0.15, -0.1) is 0 Å². The summed E-state index contributed by atoms with van der Waals surface area (Å²) in [7, 11) is -0.785. The van der Waals surface area contributed by atoms with E-state index >= 15 is 0 Å². The molecule has 0 radical (unpaired) electrons. The highest BCUT2D eigenvalue weighted by Crippen LogP contribution is 2.25. The van der Waals surface area contributed by atoms with Crippen LogP contribution in [0.3, 0.4) is 0 Å². The van der Waals surface area contributed by atoms with Gasteiger partial charge in [-0.2, -0.15) is 0 Å². The Labute approximate surface area is 162 Å². The van der Waals surface area contributed by atoms with Crippen molar-refractivity contribution in [3.63, 3.8) is 0 Å². The summed E-state index contributed by atoms with van der Waals surface area (Å²) >= 11 is 0. The number of benzene rings is 2. The van der Waals surface area contributed by atoms with E-state index in [1.807, 2.05) is 6.55 Å². The van der Waals surface area contributed by atoms with Crippen molar-refractivity contribution < 1.29 is 26.7 Å². The molecule has 0 N–H and O–H groups in total. The molecule has 0 saturated carbocycles. The Bertz CT molecular complexity index is 814. The van der Waals surface area contributed by atoms with E-state index < -0.39 is 18.4 Å². The summed E-state index contributed by atoms with van der Waals surface area (Å²) in [6, 6.07) is 13.6. The van der Waals surface area contributed by atoms with E-state index in [4.69, 9.17) is 18.3 Å². The van der Waals surface area contributed by atoms with E-state index in [9.17, 15) is 8.42 Å². The lowest BCUT2D eigenvalue weighted by molar-refractivity contribution is 0.241. The van der Waals surface area contributed by atoms with Crippen LogP contribution in [0.4, 0.5) is 0 Å². The average molecular weight is 411 g/mol. The molecule has 0 atom stereocenters. The van der Waals surface area contributed by atoms with Crippen molar-refractivity contribution in [3.8, 4) is 11.5 Å². The minimum Gasteiger partial charge on any atom is -0.497 e. The van der Waals surface area contributed by atoms with Gasteiger partial charge in [-0.25, -0.2) is 8.42 Å². The quantitative estimate of drug-likeness (QED) is 0.440. The fourth-order valence-corrected chi connectivity index (χ4v) is 5.10. The van der Waals surface area contributed by atoms with Crippen LogP contribution < -0.4 is 9.47 Å². The summed E-state index contributed by atoms with van der Waals surface area (Å²) in [6.45, 7) is 2.52. The normalized spacial score (nSPS) is 12.0. The predicted octanol–water partition coefficient (Wildman–Crippen LogP) is 3.66. The minimum absolute atomic E-state index is 0.221. The molecule has 2 rings (SSSR count). The first-order valence-corrected chi connectivity index (χ1v) is 12.6. The van der Waals surface area contributed by atoms with Crippen LogP contribution >= 0.6 is 0 Å². The fraction of sp³-hybridized carbons (Fsp3) is 0.368. The number of methoxy groups -OCH3 is 1. The number of rotatable bonds is 10. The predicted molar refractivity (Wildman–Crippen MR) is 105 cm³/mol. The van der Waals surface area contributed by atoms with Crippen molar-refractivity contribution in [2.45, 2.75) is 28.8 Å². The maximum atomic E-state index is 12.7. The Hall–Kier alpha value is -1.87. The second kappa shape index (κ2) is 9.36. The van der Waals surface area contributed by atoms with E-state index in [0.29, 0.717) is 18.1 Å². The van der Waals surface area contributed by atoms with Crippen molar-refractivity contribution in [2.75, 3.05) is 27.9 Å². The smallest absolute Gasteiger partial charge is 0.334 e. The van der Waals surface area contributed by atoms with E-state index in [0.717, 1.165) is 12.5 Å². The highest BCUT2D eigenvalue weighted by Gasteiger charge is 2.27. The summed E-state index contributed by atoms with van der Waals surface area (Å²) < 4.78 is 47.0. The van der Waals surface area contributed by atoms with E-state index in [1.165, 1.54) is 19.2 Å². The molecule has 6 nitrogen and oxygen atoms in total. The third kappa shape index (κ3) is 5.55. The highest BCUT2D eigenvalue weighted by molar-refractivity contribution is 7.91. The molecule has 0 aromatic heterocycles. The lowest BCUT2D eigenvalue weighted by Crippen LogP contribution is -2.36. The molecule has 2 aromatic carbocycles. The standard InChI is InChI=1S/C19H26O6SSi/c1-22-16-6-10-18(11-7-16)26(20,21)19-12-8-17(9-13-19)25-14-5-15-27(4,23-2)24-3/h6-13H,5,14-15H2,1-4H3. The van der Waals surface area contributed by atoms with Crippen LogP contribution in [0.5, 0.6) is 11.5 Å². The van der Waals surface area contributed by atoms with Crippen molar-refractivity contribution >= 4 is 18.4 Å². The van der Waals surface area contributed by atoms with Gasteiger partial charge in [-0.1, -0.05) is 0 Å². The fourth-order valence-electron chi connectivity index (χ4n) is 2.48. The number of hydrogen-bond donors (Lipinski definition) is 0. The van der Waals surface area contributed by atoms with Crippen LogP contribution in [0.25, 0.3) is 0 Å². The number of ether oxygens (including phenoxy) is 2. The summed E-state index contributed by atoms with van der Waals surface area (Å²) in [5, 5.41) is 0. The van der Waals surface area contributed by atoms with Crippen molar-refractivity contribution in [2.24, 2.45) is 0 Å². The summed E-state index contributed by atoms with van der Waals surface area (Å²) in [5.74, 6) is 1.24. The first-order chi connectivity index (χ1) is 12.8. The van der Waals surface area contributed by atoms with Gasteiger partial charge in [-0.05, 0) is 67.5 Å². The van der Waals surface area contributed by atoms with Gasteiger partial charge in [0.2, 0.25) is 9.84 Å². The molecular weight excluding hydrogens is 384 g/mol. The van der Waals surface area contributed by atoms with Gasteiger partial charge < -0.3 is 18.3 Å². The van der Waals surface area contributed by atoms with Crippen LogP contribution in [-0.4, -0.2) is 44.9 Å². The Morgan fingerprint density at radius 1 is 0.815 bits per heavy atom. The number of sulfone groups is 1. The Kier molecular flexibility index (Phi) is 7.43. The van der Waals surface area contributed by atoms with Gasteiger partial charge in [0.25, 0.3) is 0 Å². The molecule has 0 aliphatic heterocycles. The molecule has 0 spiro atoms. The largest absolute Gasteiger partial charge is 0.497 e. The molecule has 0 heterocycles. The van der Waals surface area contributed by atoms with Crippen molar-refractivity contribution in [1.29, 1.82) is 0 Å².